The molecule has 0 bridgehead atoms. The molecule has 11 heavy (non-hydrogen) atoms. The molecule has 0 aromatic heterocycles. The van der Waals surface area contributed by atoms with Crippen molar-refractivity contribution in [2.45, 2.75) is 6.18 Å². The summed E-state index contributed by atoms with van der Waals surface area (Å²) in [4.78, 5) is 0. The zero-order valence-corrected chi connectivity index (χ0v) is 6.24. The molecule has 0 amide bonds. The molecular weight excluding hydrogens is 179 g/mol. The van der Waals surface area contributed by atoms with Gasteiger partial charge < -0.3 is 5.21 Å². The summed E-state index contributed by atoms with van der Waals surface area (Å²) < 4.78 is 35.1. The molecule has 0 radical (unpaired) electrons. The quantitative estimate of drug-likeness (QED) is 0.235. The molecule has 0 heterocycles. The fourth-order valence-electron chi connectivity index (χ4n) is 0.305. The van der Waals surface area contributed by atoms with Crippen LogP contribution >= 0.6 is 11.8 Å². The lowest BCUT2D eigenvalue weighted by Crippen LogP contribution is -2.19. The highest BCUT2D eigenvalue weighted by molar-refractivity contribution is 8.14. The maximum atomic E-state index is 11.7. The van der Waals surface area contributed by atoms with Gasteiger partial charge in [-0.15, -0.1) is 6.58 Å². The predicted molar refractivity (Wildman–Crippen MR) is 37.9 cm³/mol. The molecule has 0 aliphatic heterocycles. The van der Waals surface area contributed by atoms with Crippen LogP contribution in [0.5, 0.6) is 0 Å². The van der Waals surface area contributed by atoms with Gasteiger partial charge in [-0.2, -0.15) is 13.2 Å². The lowest BCUT2D eigenvalue weighted by molar-refractivity contribution is -0.0573. The van der Waals surface area contributed by atoms with Crippen molar-refractivity contribution < 1.29 is 18.4 Å². The summed E-state index contributed by atoms with van der Waals surface area (Å²) in [5.41, 5.74) is 0. The highest BCUT2D eigenvalue weighted by Gasteiger charge is 2.36. The summed E-state index contributed by atoms with van der Waals surface area (Å²) in [6.07, 6.45) is -3.27. The third-order valence-corrected chi connectivity index (χ3v) is 1.66. The van der Waals surface area contributed by atoms with E-state index >= 15 is 0 Å². The molecule has 64 valence electrons. The maximum Gasteiger partial charge on any atom is 0.442 e. The lowest BCUT2D eigenvalue weighted by Gasteiger charge is -2.05. The van der Waals surface area contributed by atoms with Crippen molar-refractivity contribution in [1.29, 1.82) is 0 Å². The summed E-state index contributed by atoms with van der Waals surface area (Å²) in [7, 11) is 0. The van der Waals surface area contributed by atoms with Crippen LogP contribution in [-0.4, -0.2) is 22.2 Å². The van der Waals surface area contributed by atoms with Crippen LogP contribution in [0.4, 0.5) is 13.2 Å². The van der Waals surface area contributed by atoms with E-state index in [1.165, 1.54) is 6.08 Å². The first-order valence-corrected chi connectivity index (χ1v) is 3.54. The van der Waals surface area contributed by atoms with Gasteiger partial charge in [-0.25, -0.2) is 0 Å². The Hall–Kier alpha value is -0.650. The minimum Gasteiger partial charge on any atom is -0.410 e. The van der Waals surface area contributed by atoms with Gasteiger partial charge in [0.25, 0.3) is 0 Å². The molecule has 0 aromatic carbocycles. The average molecular weight is 185 g/mol. The number of halogens is 3. The van der Waals surface area contributed by atoms with Crippen LogP contribution < -0.4 is 0 Å². The van der Waals surface area contributed by atoms with Crippen molar-refractivity contribution in [1.82, 2.24) is 0 Å². The Morgan fingerprint density at radius 3 is 2.45 bits per heavy atom. The molecule has 0 aromatic rings. The third-order valence-electron chi connectivity index (χ3n) is 0.671. The normalized spacial score (nSPS) is 13.2. The molecule has 1 N–H and O–H groups in total. The van der Waals surface area contributed by atoms with Gasteiger partial charge in [0.2, 0.25) is 5.04 Å². The van der Waals surface area contributed by atoms with Crippen LogP contribution in [0, 0.1) is 0 Å². The van der Waals surface area contributed by atoms with Crippen LogP contribution in [0.1, 0.15) is 0 Å². The van der Waals surface area contributed by atoms with Gasteiger partial charge in [0, 0.05) is 5.75 Å². The van der Waals surface area contributed by atoms with Crippen LogP contribution in [-0.2, 0) is 0 Å². The van der Waals surface area contributed by atoms with Gasteiger partial charge in [0.1, 0.15) is 0 Å². The van der Waals surface area contributed by atoms with E-state index in [0.29, 0.717) is 11.8 Å². The number of rotatable bonds is 2. The van der Waals surface area contributed by atoms with Crippen LogP contribution in [0.3, 0.4) is 0 Å². The topological polar surface area (TPSA) is 32.6 Å². The summed E-state index contributed by atoms with van der Waals surface area (Å²) in [5, 5.41) is 8.75. The van der Waals surface area contributed by atoms with Gasteiger partial charge in [-0.1, -0.05) is 23.0 Å². The first kappa shape index (κ1) is 10.3. The van der Waals surface area contributed by atoms with Gasteiger partial charge in [-0.3, -0.25) is 0 Å². The van der Waals surface area contributed by atoms with E-state index in [0.717, 1.165) is 0 Å². The van der Waals surface area contributed by atoms with Crippen molar-refractivity contribution in [3.63, 3.8) is 0 Å². The van der Waals surface area contributed by atoms with Crippen molar-refractivity contribution in [3.05, 3.63) is 12.7 Å². The molecule has 0 rings (SSSR count). The molecule has 0 spiro atoms. The molecule has 0 saturated carbocycles. The molecule has 6 heteroatoms. The van der Waals surface area contributed by atoms with Gasteiger partial charge >= 0.3 is 6.18 Å². The Balaban J connectivity index is 4.09. The Morgan fingerprint density at radius 1 is 1.64 bits per heavy atom. The van der Waals surface area contributed by atoms with E-state index < -0.39 is 11.2 Å². The summed E-state index contributed by atoms with van der Waals surface area (Å²) >= 11 is 0.385. The second-order valence-corrected chi connectivity index (χ2v) is 2.51. The Morgan fingerprint density at radius 2 is 2.18 bits per heavy atom. The lowest BCUT2D eigenvalue weighted by atomic mass is 10.7. The molecule has 0 aliphatic rings. The third kappa shape index (κ3) is 3.92. The molecule has 0 unspecified atom stereocenters. The van der Waals surface area contributed by atoms with Crippen molar-refractivity contribution in [2.24, 2.45) is 5.16 Å². The highest BCUT2D eigenvalue weighted by Crippen LogP contribution is 2.24. The standard InChI is InChI=1S/C5H6F3NOS/c1-2-3-11-4(9-10)5(6,7)8/h2,10H,1,3H2. The molecular formula is C5H6F3NOS. The highest BCUT2D eigenvalue weighted by atomic mass is 32.2. The number of hydrogen-bond donors (Lipinski definition) is 1. The van der Waals surface area contributed by atoms with E-state index in [1.807, 2.05) is 0 Å². The summed E-state index contributed by atoms with van der Waals surface area (Å²) in [6, 6.07) is 0. The van der Waals surface area contributed by atoms with E-state index in [4.69, 9.17) is 5.21 Å². The number of nitrogens with zero attached hydrogens (tertiary/aromatic N) is 1. The van der Waals surface area contributed by atoms with E-state index in [1.54, 1.807) is 0 Å². The molecule has 0 aliphatic carbocycles. The molecule has 0 saturated heterocycles. The molecule has 0 fully saturated rings. The Labute approximate surface area is 65.8 Å². The van der Waals surface area contributed by atoms with E-state index in [-0.39, 0.29) is 5.75 Å². The second-order valence-electron chi connectivity index (χ2n) is 1.50. The van der Waals surface area contributed by atoms with Crippen molar-refractivity contribution >= 4 is 16.8 Å². The van der Waals surface area contributed by atoms with Crippen molar-refractivity contribution in [2.75, 3.05) is 5.75 Å². The Kier molecular flexibility index (Phi) is 4.02. The number of hydrogen-bond acceptors (Lipinski definition) is 3. The smallest absolute Gasteiger partial charge is 0.410 e. The van der Waals surface area contributed by atoms with Crippen LogP contribution in [0.2, 0.25) is 0 Å². The molecule has 2 nitrogen and oxygen atoms in total. The fraction of sp³-hybridized carbons (Fsp3) is 0.400. The SMILES string of the molecule is C=CCSC(=NO)C(F)(F)F. The summed E-state index contributed by atoms with van der Waals surface area (Å²) in [5.74, 6) is 0.0684. The predicted octanol–water partition coefficient (Wildman–Crippen LogP) is 2.26. The largest absolute Gasteiger partial charge is 0.442 e. The van der Waals surface area contributed by atoms with Crippen LogP contribution in [0.25, 0.3) is 0 Å². The summed E-state index contributed by atoms with van der Waals surface area (Å²) in [6.45, 7) is 3.22. The molecule has 0 atom stereocenters. The van der Waals surface area contributed by atoms with Gasteiger partial charge in [0.15, 0.2) is 0 Å². The minimum absolute atomic E-state index is 0.0684. The first-order valence-electron chi connectivity index (χ1n) is 2.55. The number of alkyl halides is 3. The second kappa shape index (κ2) is 4.27. The number of thioether (sulfide) groups is 1. The maximum absolute atomic E-state index is 11.7. The van der Waals surface area contributed by atoms with E-state index in [9.17, 15) is 13.2 Å². The average Bonchev–Trinajstić information content (AvgIpc) is 1.87. The fourth-order valence-corrected chi connectivity index (χ4v) is 0.802. The van der Waals surface area contributed by atoms with Crippen molar-refractivity contribution in [3.8, 4) is 0 Å². The van der Waals surface area contributed by atoms with E-state index in [2.05, 4.69) is 11.7 Å². The Bertz CT molecular complexity index is 166. The zero-order chi connectivity index (χ0) is 8.91. The minimum atomic E-state index is -4.57. The number of oxime groups is 1. The van der Waals surface area contributed by atoms with Crippen LogP contribution in [0.15, 0.2) is 17.8 Å². The first-order chi connectivity index (χ1) is 5.02. The van der Waals surface area contributed by atoms with Gasteiger partial charge in [-0.05, 0) is 0 Å². The zero-order valence-electron chi connectivity index (χ0n) is 5.43. The van der Waals surface area contributed by atoms with Gasteiger partial charge in [0.05, 0.1) is 0 Å². The monoisotopic (exact) mass is 185 g/mol.